The largest absolute Gasteiger partial charge is 0.465 e. The molecule has 3 rings (SSSR count). The van der Waals surface area contributed by atoms with E-state index in [0.717, 1.165) is 45.2 Å². The maximum Gasteiger partial charge on any atom is 0.337 e. The molecular formula is C19H25NO3. The van der Waals surface area contributed by atoms with Gasteiger partial charge >= 0.3 is 5.97 Å². The van der Waals surface area contributed by atoms with Gasteiger partial charge in [-0.05, 0) is 61.3 Å². The lowest BCUT2D eigenvalue weighted by molar-refractivity contribution is -0.133. The van der Waals surface area contributed by atoms with Gasteiger partial charge in [-0.15, -0.1) is 0 Å². The van der Waals surface area contributed by atoms with Crippen LogP contribution in [0.3, 0.4) is 0 Å². The number of methoxy groups -OCH3 is 1. The lowest BCUT2D eigenvalue weighted by Gasteiger charge is -2.33. The number of piperidine rings is 1. The Hall–Kier alpha value is -1.84. The number of hydrogen-bond donors (Lipinski definition) is 0. The fraction of sp³-hybridized carbons (Fsp3) is 0.579. The number of carbonyl (C=O) groups excluding carboxylic acids is 2. The van der Waals surface area contributed by atoms with Gasteiger partial charge in [-0.1, -0.05) is 13.0 Å². The van der Waals surface area contributed by atoms with Crippen molar-refractivity contribution in [2.24, 2.45) is 5.92 Å². The molecule has 0 radical (unpaired) electrons. The summed E-state index contributed by atoms with van der Waals surface area (Å²) in [5.41, 5.74) is 3.17. The zero-order valence-electron chi connectivity index (χ0n) is 14.0. The molecule has 4 nitrogen and oxygen atoms in total. The van der Waals surface area contributed by atoms with Crippen LogP contribution in [0.25, 0.3) is 0 Å². The minimum Gasteiger partial charge on any atom is -0.465 e. The predicted octanol–water partition coefficient (Wildman–Crippen LogP) is 3.15. The molecular weight excluding hydrogens is 290 g/mol. The predicted molar refractivity (Wildman–Crippen MR) is 88.4 cm³/mol. The van der Waals surface area contributed by atoms with Gasteiger partial charge in [0.25, 0.3) is 0 Å². The first-order valence-corrected chi connectivity index (χ1v) is 8.64. The van der Waals surface area contributed by atoms with E-state index in [1.807, 2.05) is 17.0 Å². The maximum atomic E-state index is 12.2. The summed E-state index contributed by atoms with van der Waals surface area (Å²) >= 11 is 0. The molecule has 1 heterocycles. The number of benzene rings is 1. The van der Waals surface area contributed by atoms with E-state index in [1.54, 1.807) is 0 Å². The number of rotatable bonds is 4. The van der Waals surface area contributed by atoms with E-state index in [9.17, 15) is 9.59 Å². The molecule has 0 unspecified atom stereocenters. The lowest BCUT2D eigenvalue weighted by atomic mass is 9.85. The summed E-state index contributed by atoms with van der Waals surface area (Å²) in [4.78, 5) is 25.9. The average molecular weight is 315 g/mol. The Morgan fingerprint density at radius 3 is 2.43 bits per heavy atom. The number of aryl methyl sites for hydroxylation is 1. The molecule has 1 saturated heterocycles. The standard InChI is InChI=1S/C19H25NO3/c1-3-13-12-16(19(22)23-2)6-7-17(13)14-8-10-20(11-9-14)18(21)15-4-5-15/h6-7,12,14-15H,3-5,8-11H2,1-2H3. The lowest BCUT2D eigenvalue weighted by Crippen LogP contribution is -2.38. The van der Waals surface area contributed by atoms with Crippen LogP contribution in [0, 0.1) is 5.92 Å². The minimum absolute atomic E-state index is 0.281. The number of likely N-dealkylation sites (tertiary alicyclic amines) is 1. The molecule has 1 aromatic rings. The summed E-state index contributed by atoms with van der Waals surface area (Å²) in [6.45, 7) is 3.84. The fourth-order valence-corrected chi connectivity index (χ4v) is 3.55. The third-order valence-electron chi connectivity index (χ3n) is 5.12. The number of amides is 1. The molecule has 0 spiro atoms. The number of hydrogen-bond acceptors (Lipinski definition) is 3. The van der Waals surface area contributed by atoms with Crippen LogP contribution in [0.15, 0.2) is 18.2 Å². The molecule has 4 heteroatoms. The second-order valence-corrected chi connectivity index (χ2v) is 6.63. The van der Waals surface area contributed by atoms with Crippen molar-refractivity contribution in [3.63, 3.8) is 0 Å². The van der Waals surface area contributed by atoms with Crippen LogP contribution in [0.4, 0.5) is 0 Å². The molecule has 2 fully saturated rings. The van der Waals surface area contributed by atoms with Crippen molar-refractivity contribution >= 4 is 11.9 Å². The summed E-state index contributed by atoms with van der Waals surface area (Å²) < 4.78 is 4.81. The monoisotopic (exact) mass is 315 g/mol. The van der Waals surface area contributed by atoms with Crippen LogP contribution in [-0.4, -0.2) is 37.0 Å². The first-order chi connectivity index (χ1) is 11.1. The molecule has 0 N–H and O–H groups in total. The average Bonchev–Trinajstić information content (AvgIpc) is 3.45. The van der Waals surface area contributed by atoms with Gasteiger partial charge in [0.15, 0.2) is 0 Å². The van der Waals surface area contributed by atoms with Crippen LogP contribution >= 0.6 is 0 Å². The minimum atomic E-state index is -0.281. The molecule has 1 aromatic carbocycles. The molecule has 0 aromatic heterocycles. The van der Waals surface area contributed by atoms with Crippen LogP contribution < -0.4 is 0 Å². The third kappa shape index (κ3) is 3.41. The number of carbonyl (C=O) groups is 2. The summed E-state index contributed by atoms with van der Waals surface area (Å²) in [6, 6.07) is 5.90. The Labute approximate surface area is 137 Å². The van der Waals surface area contributed by atoms with Gasteiger partial charge < -0.3 is 9.64 Å². The summed E-state index contributed by atoms with van der Waals surface area (Å²) in [5.74, 6) is 0.883. The van der Waals surface area contributed by atoms with Gasteiger partial charge in [0.05, 0.1) is 12.7 Å². The van der Waals surface area contributed by atoms with Crippen molar-refractivity contribution in [2.45, 2.75) is 44.9 Å². The van der Waals surface area contributed by atoms with Gasteiger partial charge in [-0.3, -0.25) is 4.79 Å². The highest BCUT2D eigenvalue weighted by molar-refractivity contribution is 5.89. The van der Waals surface area contributed by atoms with Crippen molar-refractivity contribution in [1.29, 1.82) is 0 Å². The van der Waals surface area contributed by atoms with Crippen molar-refractivity contribution < 1.29 is 14.3 Å². The second kappa shape index (κ2) is 6.73. The van der Waals surface area contributed by atoms with E-state index in [0.29, 0.717) is 23.3 Å². The topological polar surface area (TPSA) is 46.6 Å². The van der Waals surface area contributed by atoms with E-state index in [4.69, 9.17) is 4.74 Å². The summed E-state index contributed by atoms with van der Waals surface area (Å²) in [5, 5.41) is 0. The van der Waals surface area contributed by atoms with E-state index >= 15 is 0 Å². The Morgan fingerprint density at radius 1 is 1.17 bits per heavy atom. The molecule has 0 atom stereocenters. The number of ether oxygens (including phenoxy) is 1. The highest BCUT2D eigenvalue weighted by atomic mass is 16.5. The van der Waals surface area contributed by atoms with Gasteiger partial charge in [0, 0.05) is 19.0 Å². The van der Waals surface area contributed by atoms with Crippen LogP contribution in [-0.2, 0) is 16.0 Å². The van der Waals surface area contributed by atoms with Crippen LogP contribution in [0.2, 0.25) is 0 Å². The molecule has 0 bridgehead atoms. The highest BCUT2D eigenvalue weighted by Gasteiger charge is 2.35. The molecule has 2 aliphatic rings. The smallest absolute Gasteiger partial charge is 0.337 e. The molecule has 23 heavy (non-hydrogen) atoms. The first kappa shape index (κ1) is 16.0. The number of nitrogens with zero attached hydrogens (tertiary/aromatic N) is 1. The number of esters is 1. The van der Waals surface area contributed by atoms with Crippen molar-refractivity contribution in [1.82, 2.24) is 4.90 Å². The SMILES string of the molecule is CCc1cc(C(=O)OC)ccc1C1CCN(C(=O)C2CC2)CC1. The first-order valence-electron chi connectivity index (χ1n) is 8.64. The van der Waals surface area contributed by atoms with E-state index in [1.165, 1.54) is 18.2 Å². The second-order valence-electron chi connectivity index (χ2n) is 6.63. The van der Waals surface area contributed by atoms with E-state index in [2.05, 4.69) is 13.0 Å². The van der Waals surface area contributed by atoms with E-state index < -0.39 is 0 Å². The van der Waals surface area contributed by atoms with Crippen LogP contribution in [0.5, 0.6) is 0 Å². The van der Waals surface area contributed by atoms with Gasteiger partial charge in [-0.2, -0.15) is 0 Å². The molecule has 1 aliphatic carbocycles. The Morgan fingerprint density at radius 2 is 1.87 bits per heavy atom. The quantitative estimate of drug-likeness (QED) is 0.802. The maximum absolute atomic E-state index is 12.2. The summed E-state index contributed by atoms with van der Waals surface area (Å²) in [6.07, 6.45) is 5.09. The Kier molecular flexibility index (Phi) is 4.69. The molecule has 124 valence electrons. The highest BCUT2D eigenvalue weighted by Crippen LogP contribution is 2.35. The van der Waals surface area contributed by atoms with E-state index in [-0.39, 0.29) is 5.97 Å². The molecule has 1 aliphatic heterocycles. The summed E-state index contributed by atoms with van der Waals surface area (Å²) in [7, 11) is 1.41. The van der Waals surface area contributed by atoms with Crippen LogP contribution in [0.1, 0.15) is 60.0 Å². The normalized spacial score (nSPS) is 18.8. The van der Waals surface area contributed by atoms with Crippen molar-refractivity contribution in [3.8, 4) is 0 Å². The molecule has 1 saturated carbocycles. The van der Waals surface area contributed by atoms with Crippen molar-refractivity contribution in [2.75, 3.05) is 20.2 Å². The van der Waals surface area contributed by atoms with Gasteiger partial charge in [0.1, 0.15) is 0 Å². The fourth-order valence-electron chi connectivity index (χ4n) is 3.55. The Bertz CT molecular complexity index is 599. The molecule has 1 amide bonds. The third-order valence-corrected chi connectivity index (χ3v) is 5.12. The Balaban J connectivity index is 1.69. The van der Waals surface area contributed by atoms with Gasteiger partial charge in [0.2, 0.25) is 5.91 Å². The zero-order valence-corrected chi connectivity index (χ0v) is 14.0. The van der Waals surface area contributed by atoms with Crippen molar-refractivity contribution in [3.05, 3.63) is 34.9 Å². The zero-order chi connectivity index (χ0) is 16.4. The van der Waals surface area contributed by atoms with Gasteiger partial charge in [-0.25, -0.2) is 4.79 Å².